The van der Waals surface area contributed by atoms with E-state index in [0.717, 1.165) is 22.7 Å². The summed E-state index contributed by atoms with van der Waals surface area (Å²) in [5.74, 6) is 1.91. The molecule has 0 unspecified atom stereocenters. The number of benzene rings is 2. The zero-order valence-corrected chi connectivity index (χ0v) is 15.0. The molecule has 0 saturated carbocycles. The number of methoxy groups -OCH3 is 2. The summed E-state index contributed by atoms with van der Waals surface area (Å²) in [6.45, 7) is 4.62. The molecule has 2 N–H and O–H groups in total. The third-order valence-corrected chi connectivity index (χ3v) is 3.62. The maximum Gasteiger partial charge on any atom is 0.243 e. The molecule has 6 nitrogen and oxygen atoms in total. The lowest BCUT2D eigenvalue weighted by Gasteiger charge is -2.14. The molecule has 1 amide bonds. The Morgan fingerprint density at radius 2 is 1.68 bits per heavy atom. The van der Waals surface area contributed by atoms with Crippen molar-refractivity contribution >= 4 is 17.3 Å². The summed E-state index contributed by atoms with van der Waals surface area (Å²) in [6, 6.07) is 11.0. The lowest BCUT2D eigenvalue weighted by molar-refractivity contribution is -0.114. The smallest absolute Gasteiger partial charge is 0.243 e. The van der Waals surface area contributed by atoms with Crippen molar-refractivity contribution in [2.45, 2.75) is 13.8 Å². The number of hydrogen-bond donors (Lipinski definition) is 2. The van der Waals surface area contributed by atoms with Crippen LogP contribution in [0.15, 0.2) is 36.4 Å². The molecular weight excluding hydrogens is 320 g/mol. The molecule has 6 heteroatoms. The van der Waals surface area contributed by atoms with Gasteiger partial charge >= 0.3 is 0 Å². The Kier molecular flexibility index (Phi) is 6.51. The molecule has 0 aliphatic rings. The predicted octanol–water partition coefficient (Wildman–Crippen LogP) is 3.46. The minimum Gasteiger partial charge on any atom is -0.494 e. The molecule has 0 heterocycles. The van der Waals surface area contributed by atoms with Gasteiger partial charge in [0.25, 0.3) is 0 Å². The van der Waals surface area contributed by atoms with Crippen LogP contribution in [0.4, 0.5) is 11.4 Å². The van der Waals surface area contributed by atoms with Crippen molar-refractivity contribution in [3.05, 3.63) is 42.0 Å². The number of rotatable bonds is 8. The van der Waals surface area contributed by atoms with Crippen LogP contribution < -0.4 is 24.8 Å². The summed E-state index contributed by atoms with van der Waals surface area (Å²) in [4.78, 5) is 12.1. The maximum absolute atomic E-state index is 12.1. The number of aryl methyl sites for hydroxylation is 1. The standard InChI is InChI=1S/C19H24N2O4/c1-5-25-15-8-6-14(7-9-15)21-19(22)12-20-16-11-18(24-4)17(23-3)10-13(16)2/h6-11,20H,5,12H2,1-4H3,(H,21,22). The first-order chi connectivity index (χ1) is 12.1. The molecule has 0 spiro atoms. The van der Waals surface area contributed by atoms with Crippen molar-refractivity contribution < 1.29 is 19.0 Å². The van der Waals surface area contributed by atoms with E-state index < -0.39 is 0 Å². The summed E-state index contributed by atoms with van der Waals surface area (Å²) in [5.41, 5.74) is 2.50. The van der Waals surface area contributed by atoms with Gasteiger partial charge in [0.2, 0.25) is 5.91 Å². The first kappa shape index (κ1) is 18.4. The van der Waals surface area contributed by atoms with Crippen LogP contribution >= 0.6 is 0 Å². The lowest BCUT2D eigenvalue weighted by Crippen LogP contribution is -2.22. The van der Waals surface area contributed by atoms with Crippen LogP contribution in [0.2, 0.25) is 0 Å². The maximum atomic E-state index is 12.1. The number of carbonyl (C=O) groups is 1. The van der Waals surface area contributed by atoms with E-state index in [9.17, 15) is 4.79 Å². The fourth-order valence-corrected chi connectivity index (χ4v) is 2.35. The van der Waals surface area contributed by atoms with E-state index in [1.807, 2.05) is 50.2 Å². The molecule has 2 aromatic rings. The molecular formula is C19H24N2O4. The molecule has 2 rings (SSSR count). The summed E-state index contributed by atoms with van der Waals surface area (Å²) in [7, 11) is 3.17. The Morgan fingerprint density at radius 3 is 2.28 bits per heavy atom. The van der Waals surface area contributed by atoms with E-state index in [-0.39, 0.29) is 12.5 Å². The highest BCUT2D eigenvalue weighted by Gasteiger charge is 2.10. The number of anilines is 2. The monoisotopic (exact) mass is 344 g/mol. The zero-order chi connectivity index (χ0) is 18.2. The Labute approximate surface area is 148 Å². The summed E-state index contributed by atoms with van der Waals surface area (Å²) in [6.07, 6.45) is 0. The van der Waals surface area contributed by atoms with Gasteiger partial charge in [0, 0.05) is 17.4 Å². The Hall–Kier alpha value is -2.89. The molecule has 0 atom stereocenters. The molecule has 0 aliphatic carbocycles. The van der Waals surface area contributed by atoms with Crippen LogP contribution in [0.1, 0.15) is 12.5 Å². The fraction of sp³-hybridized carbons (Fsp3) is 0.316. The van der Waals surface area contributed by atoms with Crippen LogP contribution in [0, 0.1) is 6.92 Å². The van der Waals surface area contributed by atoms with Crippen molar-refractivity contribution in [3.63, 3.8) is 0 Å². The second-order valence-electron chi connectivity index (χ2n) is 5.38. The van der Waals surface area contributed by atoms with Gasteiger partial charge in [0.15, 0.2) is 11.5 Å². The number of hydrogen-bond acceptors (Lipinski definition) is 5. The average Bonchev–Trinajstić information content (AvgIpc) is 2.62. The summed E-state index contributed by atoms with van der Waals surface area (Å²) >= 11 is 0. The van der Waals surface area contributed by atoms with Crippen molar-refractivity contribution in [2.24, 2.45) is 0 Å². The minimum atomic E-state index is -0.140. The third kappa shape index (κ3) is 5.04. The lowest BCUT2D eigenvalue weighted by atomic mass is 10.1. The van der Waals surface area contributed by atoms with Crippen LogP contribution in [-0.4, -0.2) is 33.3 Å². The first-order valence-electron chi connectivity index (χ1n) is 8.06. The van der Waals surface area contributed by atoms with E-state index in [1.54, 1.807) is 14.2 Å². The second kappa shape index (κ2) is 8.82. The number of nitrogens with one attached hydrogen (secondary N) is 2. The highest BCUT2D eigenvalue weighted by molar-refractivity contribution is 5.93. The van der Waals surface area contributed by atoms with E-state index >= 15 is 0 Å². The van der Waals surface area contributed by atoms with Crippen LogP contribution in [0.3, 0.4) is 0 Å². The van der Waals surface area contributed by atoms with E-state index in [1.165, 1.54) is 0 Å². The highest BCUT2D eigenvalue weighted by atomic mass is 16.5. The largest absolute Gasteiger partial charge is 0.494 e. The van der Waals surface area contributed by atoms with Gasteiger partial charge in [-0.3, -0.25) is 4.79 Å². The highest BCUT2D eigenvalue weighted by Crippen LogP contribution is 2.32. The number of amides is 1. The molecule has 0 aliphatic heterocycles. The first-order valence-corrected chi connectivity index (χ1v) is 8.06. The van der Waals surface area contributed by atoms with Crippen molar-refractivity contribution in [1.29, 1.82) is 0 Å². The Balaban J connectivity index is 1.95. The zero-order valence-electron chi connectivity index (χ0n) is 15.0. The van der Waals surface area contributed by atoms with Gasteiger partial charge in [-0.1, -0.05) is 0 Å². The van der Waals surface area contributed by atoms with Gasteiger partial charge < -0.3 is 24.8 Å². The van der Waals surface area contributed by atoms with Gasteiger partial charge in [0.1, 0.15) is 5.75 Å². The van der Waals surface area contributed by atoms with Gasteiger partial charge in [-0.05, 0) is 49.7 Å². The number of carbonyl (C=O) groups excluding carboxylic acids is 1. The van der Waals surface area contributed by atoms with Crippen LogP contribution in [-0.2, 0) is 4.79 Å². The molecule has 0 saturated heterocycles. The van der Waals surface area contributed by atoms with Crippen LogP contribution in [0.25, 0.3) is 0 Å². The van der Waals surface area contributed by atoms with Gasteiger partial charge in [0.05, 0.1) is 27.4 Å². The topological polar surface area (TPSA) is 68.8 Å². The summed E-state index contributed by atoms with van der Waals surface area (Å²) < 4.78 is 15.9. The summed E-state index contributed by atoms with van der Waals surface area (Å²) in [5, 5.41) is 5.96. The van der Waals surface area contributed by atoms with E-state index in [2.05, 4.69) is 10.6 Å². The predicted molar refractivity (Wildman–Crippen MR) is 99.0 cm³/mol. The normalized spacial score (nSPS) is 10.1. The van der Waals surface area contributed by atoms with Crippen molar-refractivity contribution in [1.82, 2.24) is 0 Å². The van der Waals surface area contributed by atoms with E-state index in [4.69, 9.17) is 14.2 Å². The molecule has 0 aromatic heterocycles. The van der Waals surface area contributed by atoms with Crippen molar-refractivity contribution in [3.8, 4) is 17.2 Å². The molecule has 0 radical (unpaired) electrons. The third-order valence-electron chi connectivity index (χ3n) is 3.62. The van der Waals surface area contributed by atoms with Crippen molar-refractivity contribution in [2.75, 3.05) is 38.0 Å². The molecule has 2 aromatic carbocycles. The number of ether oxygens (including phenoxy) is 3. The second-order valence-corrected chi connectivity index (χ2v) is 5.38. The fourth-order valence-electron chi connectivity index (χ4n) is 2.35. The minimum absolute atomic E-state index is 0.140. The molecule has 25 heavy (non-hydrogen) atoms. The van der Waals surface area contributed by atoms with Gasteiger partial charge in [-0.25, -0.2) is 0 Å². The molecule has 134 valence electrons. The average molecular weight is 344 g/mol. The Morgan fingerprint density at radius 1 is 1.04 bits per heavy atom. The van der Waals surface area contributed by atoms with Gasteiger partial charge in [-0.2, -0.15) is 0 Å². The Bertz CT molecular complexity index is 714. The molecule has 0 fully saturated rings. The van der Waals surface area contributed by atoms with Gasteiger partial charge in [-0.15, -0.1) is 0 Å². The van der Waals surface area contributed by atoms with Crippen LogP contribution in [0.5, 0.6) is 17.2 Å². The van der Waals surface area contributed by atoms with E-state index in [0.29, 0.717) is 18.1 Å². The quantitative estimate of drug-likeness (QED) is 0.767. The molecule has 0 bridgehead atoms. The SMILES string of the molecule is CCOc1ccc(NC(=O)CNc2cc(OC)c(OC)cc2C)cc1.